The van der Waals surface area contributed by atoms with Crippen molar-refractivity contribution in [2.45, 2.75) is 66.3 Å². The lowest BCUT2D eigenvalue weighted by atomic mass is 9.79. The van der Waals surface area contributed by atoms with Gasteiger partial charge in [0.15, 0.2) is 5.11 Å². The molecular weight excluding hydrogens is 394 g/mol. The fourth-order valence-corrected chi connectivity index (χ4v) is 5.37. The smallest absolute Gasteiger partial charge is 0.265 e. The Kier molecular flexibility index (Phi) is 6.10. The molecule has 1 aromatic carbocycles. The topological polar surface area (TPSA) is 43.9 Å². The summed E-state index contributed by atoms with van der Waals surface area (Å²) in [7, 11) is 0. The van der Waals surface area contributed by atoms with Gasteiger partial charge in [-0.3, -0.25) is 19.4 Å². The van der Waals surface area contributed by atoms with Crippen LogP contribution in [0.2, 0.25) is 0 Å². The van der Waals surface area contributed by atoms with Gasteiger partial charge in [-0.25, -0.2) is 0 Å². The number of rotatable bonds is 4. The van der Waals surface area contributed by atoms with Crippen molar-refractivity contribution in [3.63, 3.8) is 0 Å². The highest BCUT2D eigenvalue weighted by Crippen LogP contribution is 2.44. The Hall–Kier alpha value is -2.21. The van der Waals surface area contributed by atoms with Crippen LogP contribution in [-0.4, -0.2) is 51.9 Å². The lowest BCUT2D eigenvalue weighted by Gasteiger charge is -2.47. The molecule has 0 aromatic heterocycles. The van der Waals surface area contributed by atoms with Crippen molar-refractivity contribution in [3.05, 3.63) is 34.4 Å². The van der Waals surface area contributed by atoms with E-state index >= 15 is 0 Å². The van der Waals surface area contributed by atoms with Gasteiger partial charge in [0.2, 0.25) is 0 Å². The molecule has 162 valence electrons. The van der Waals surface area contributed by atoms with E-state index in [0.717, 1.165) is 24.1 Å². The predicted molar refractivity (Wildman–Crippen MR) is 127 cm³/mol. The van der Waals surface area contributed by atoms with Gasteiger partial charge in [0.05, 0.1) is 0 Å². The standard InChI is InChI=1S/C24H33N3O2S/c1-8-25-21(28)19(22(29)26(9-2)23(25)30)13-17-12-18-16(5)14-24(6,7)27(10-3)20(18)11-15(17)4/h11-13,16H,8-10,14H2,1-7H3. The number of amides is 2. The average molecular weight is 428 g/mol. The highest BCUT2D eigenvalue weighted by molar-refractivity contribution is 7.80. The summed E-state index contributed by atoms with van der Waals surface area (Å²) >= 11 is 5.36. The van der Waals surface area contributed by atoms with Gasteiger partial charge in [-0.1, -0.05) is 6.92 Å². The molecule has 0 aliphatic carbocycles. The molecule has 3 rings (SSSR count). The molecule has 30 heavy (non-hydrogen) atoms. The summed E-state index contributed by atoms with van der Waals surface area (Å²) in [6.07, 6.45) is 2.82. The maximum absolute atomic E-state index is 13.0. The van der Waals surface area contributed by atoms with Crippen molar-refractivity contribution >= 4 is 40.9 Å². The molecule has 2 heterocycles. The van der Waals surface area contributed by atoms with E-state index in [-0.39, 0.29) is 22.9 Å². The zero-order chi connectivity index (χ0) is 22.4. The third-order valence-electron chi connectivity index (χ3n) is 6.43. The van der Waals surface area contributed by atoms with Gasteiger partial charge < -0.3 is 4.90 Å². The van der Waals surface area contributed by atoms with Crippen molar-refractivity contribution in [2.75, 3.05) is 24.5 Å². The van der Waals surface area contributed by atoms with Crippen molar-refractivity contribution in [2.24, 2.45) is 0 Å². The van der Waals surface area contributed by atoms with Crippen LogP contribution in [0, 0.1) is 6.92 Å². The summed E-state index contributed by atoms with van der Waals surface area (Å²) in [6.45, 7) is 16.7. The van der Waals surface area contributed by atoms with Crippen LogP contribution in [0.3, 0.4) is 0 Å². The summed E-state index contributed by atoms with van der Waals surface area (Å²) in [5.74, 6) is -0.211. The van der Waals surface area contributed by atoms with E-state index in [4.69, 9.17) is 12.2 Å². The average Bonchev–Trinajstić information content (AvgIpc) is 2.66. The number of aryl methyl sites for hydroxylation is 1. The molecule has 5 nitrogen and oxygen atoms in total. The van der Waals surface area contributed by atoms with Crippen LogP contribution in [0.1, 0.15) is 70.6 Å². The van der Waals surface area contributed by atoms with Crippen LogP contribution in [-0.2, 0) is 9.59 Å². The molecule has 0 N–H and O–H groups in total. The molecule has 0 spiro atoms. The SMILES string of the molecule is CCN1C(=O)C(=Cc2cc3c(cc2C)N(CC)C(C)(C)CC3C)C(=O)N(CC)C1=S. The minimum absolute atomic E-state index is 0.0990. The van der Waals surface area contributed by atoms with E-state index in [1.165, 1.54) is 21.1 Å². The van der Waals surface area contributed by atoms with Crippen LogP contribution in [0.25, 0.3) is 6.08 Å². The lowest BCUT2D eigenvalue weighted by molar-refractivity contribution is -0.133. The Morgan fingerprint density at radius 3 is 2.13 bits per heavy atom. The molecule has 2 amide bonds. The number of thiocarbonyl (C=S) groups is 1. The molecule has 0 saturated carbocycles. The first kappa shape index (κ1) is 22.5. The highest BCUT2D eigenvalue weighted by atomic mass is 32.1. The first-order valence-corrected chi connectivity index (χ1v) is 11.3. The van der Waals surface area contributed by atoms with Crippen LogP contribution in [0.5, 0.6) is 0 Å². The molecule has 1 aromatic rings. The maximum Gasteiger partial charge on any atom is 0.265 e. The Morgan fingerprint density at radius 2 is 1.63 bits per heavy atom. The molecule has 1 atom stereocenters. The number of anilines is 1. The van der Waals surface area contributed by atoms with Crippen molar-refractivity contribution in [1.29, 1.82) is 0 Å². The van der Waals surface area contributed by atoms with Crippen LogP contribution >= 0.6 is 12.2 Å². The van der Waals surface area contributed by atoms with Gasteiger partial charge in [0.1, 0.15) is 5.57 Å². The Bertz CT molecular complexity index is 907. The van der Waals surface area contributed by atoms with Gasteiger partial charge in [-0.2, -0.15) is 0 Å². The zero-order valence-electron chi connectivity index (χ0n) is 19.2. The molecule has 1 fully saturated rings. The predicted octanol–water partition coefficient (Wildman–Crippen LogP) is 4.49. The van der Waals surface area contributed by atoms with Crippen molar-refractivity contribution in [1.82, 2.24) is 9.80 Å². The van der Waals surface area contributed by atoms with Crippen molar-refractivity contribution in [3.8, 4) is 0 Å². The van der Waals surface area contributed by atoms with E-state index < -0.39 is 0 Å². The van der Waals surface area contributed by atoms with Gasteiger partial charge in [0, 0.05) is 30.9 Å². The first-order chi connectivity index (χ1) is 14.1. The second-order valence-corrected chi connectivity index (χ2v) is 9.23. The van der Waals surface area contributed by atoms with E-state index in [1.807, 2.05) is 20.8 Å². The van der Waals surface area contributed by atoms with Gasteiger partial charge in [-0.05, 0) is 101 Å². The van der Waals surface area contributed by atoms with Gasteiger partial charge >= 0.3 is 0 Å². The fourth-order valence-electron chi connectivity index (χ4n) is 4.94. The zero-order valence-corrected chi connectivity index (χ0v) is 20.0. The number of carbonyl (C=O) groups is 2. The summed E-state index contributed by atoms with van der Waals surface area (Å²) in [5.41, 5.74) is 4.80. The molecule has 1 unspecified atom stereocenters. The largest absolute Gasteiger partial charge is 0.366 e. The van der Waals surface area contributed by atoms with Crippen LogP contribution in [0.15, 0.2) is 17.7 Å². The number of hydrogen-bond donors (Lipinski definition) is 0. The van der Waals surface area contributed by atoms with Gasteiger partial charge in [-0.15, -0.1) is 0 Å². The van der Waals surface area contributed by atoms with Crippen molar-refractivity contribution < 1.29 is 9.59 Å². The molecule has 2 aliphatic rings. The maximum atomic E-state index is 13.0. The number of fused-ring (bicyclic) bond motifs is 1. The summed E-state index contributed by atoms with van der Waals surface area (Å²) < 4.78 is 0. The number of carbonyl (C=O) groups excluding carboxylic acids is 2. The van der Waals surface area contributed by atoms with E-state index in [0.29, 0.717) is 24.1 Å². The van der Waals surface area contributed by atoms with Crippen LogP contribution in [0.4, 0.5) is 5.69 Å². The fraction of sp³-hybridized carbons (Fsp3) is 0.542. The third kappa shape index (κ3) is 3.55. The molecule has 1 saturated heterocycles. The monoisotopic (exact) mass is 427 g/mol. The van der Waals surface area contributed by atoms with Crippen LogP contribution < -0.4 is 4.90 Å². The van der Waals surface area contributed by atoms with E-state index in [2.05, 4.69) is 44.7 Å². The lowest BCUT2D eigenvalue weighted by Crippen LogP contribution is -2.55. The second-order valence-electron chi connectivity index (χ2n) is 8.87. The summed E-state index contributed by atoms with van der Waals surface area (Å²) in [6, 6.07) is 4.38. The van der Waals surface area contributed by atoms with E-state index in [1.54, 1.807) is 6.08 Å². The third-order valence-corrected chi connectivity index (χ3v) is 6.88. The van der Waals surface area contributed by atoms with Gasteiger partial charge in [0.25, 0.3) is 11.8 Å². The Morgan fingerprint density at radius 1 is 1.07 bits per heavy atom. The Labute approximate surface area is 185 Å². The number of hydrogen-bond acceptors (Lipinski definition) is 4. The highest BCUT2D eigenvalue weighted by Gasteiger charge is 2.39. The number of benzene rings is 1. The molecular formula is C24H33N3O2S. The normalized spacial score (nSPS) is 21.3. The molecule has 0 bridgehead atoms. The molecule has 6 heteroatoms. The minimum Gasteiger partial charge on any atom is -0.366 e. The second kappa shape index (κ2) is 8.14. The molecule has 2 aliphatic heterocycles. The molecule has 0 radical (unpaired) electrons. The first-order valence-electron chi connectivity index (χ1n) is 10.9. The Balaban J connectivity index is 2.12. The summed E-state index contributed by atoms with van der Waals surface area (Å²) in [5, 5.41) is 0.295. The van der Waals surface area contributed by atoms with E-state index in [9.17, 15) is 9.59 Å². The summed E-state index contributed by atoms with van der Waals surface area (Å²) in [4.78, 5) is 31.5. The quantitative estimate of drug-likeness (QED) is 0.404. The number of nitrogens with zero attached hydrogens (tertiary/aromatic N) is 3. The number of likely N-dealkylation sites (N-methyl/N-ethyl adjacent to an activating group) is 2. The minimum atomic E-state index is -0.307.